The predicted octanol–water partition coefficient (Wildman–Crippen LogP) is 3.31. The van der Waals surface area contributed by atoms with Crippen LogP contribution in [0.2, 0.25) is 0 Å². The molecule has 5 nitrogen and oxygen atoms in total. The molecule has 1 N–H and O–H groups in total. The standard InChI is InChI=1S/C20H19NO4S/c1-21-18(20(23)16-8-4-5-9-17(16)26(21,24)25)19(22)15-11-10-13-6-2-3-7-14(13)12-15/h4-5,8-12,23H,2-3,6-7H2,1H3. The summed E-state index contributed by atoms with van der Waals surface area (Å²) in [5, 5.41) is 10.6. The van der Waals surface area contributed by atoms with Crippen LogP contribution in [0.4, 0.5) is 0 Å². The number of sulfonamides is 1. The Morgan fingerprint density at radius 2 is 1.73 bits per heavy atom. The van der Waals surface area contributed by atoms with Crippen LogP contribution < -0.4 is 0 Å². The van der Waals surface area contributed by atoms with Crippen molar-refractivity contribution in [2.75, 3.05) is 7.05 Å². The first kappa shape index (κ1) is 16.8. The number of carbonyl (C=O) groups is 1. The number of hydrogen-bond donors (Lipinski definition) is 1. The summed E-state index contributed by atoms with van der Waals surface area (Å²) in [7, 11) is -2.58. The topological polar surface area (TPSA) is 74.7 Å². The maximum absolute atomic E-state index is 13.1. The monoisotopic (exact) mass is 369 g/mol. The SMILES string of the molecule is CN1C(C(=O)c2ccc3c(c2)CCCC3)=C(O)c2ccccc2S1(=O)=O. The van der Waals surface area contributed by atoms with E-state index in [0.29, 0.717) is 5.56 Å². The number of aryl methyl sites for hydroxylation is 2. The van der Waals surface area contributed by atoms with Crippen LogP contribution in [0, 0.1) is 0 Å². The minimum Gasteiger partial charge on any atom is -0.505 e. The maximum atomic E-state index is 13.1. The fourth-order valence-corrected chi connectivity index (χ4v) is 5.09. The molecule has 0 fully saturated rings. The van der Waals surface area contributed by atoms with Gasteiger partial charge < -0.3 is 5.11 Å². The summed E-state index contributed by atoms with van der Waals surface area (Å²) < 4.78 is 26.4. The highest BCUT2D eigenvalue weighted by Crippen LogP contribution is 2.36. The van der Waals surface area contributed by atoms with Gasteiger partial charge in [0.25, 0.3) is 10.0 Å². The van der Waals surface area contributed by atoms with Gasteiger partial charge in [-0.25, -0.2) is 8.42 Å². The van der Waals surface area contributed by atoms with Crippen LogP contribution in [0.3, 0.4) is 0 Å². The van der Waals surface area contributed by atoms with Crippen molar-refractivity contribution in [2.24, 2.45) is 0 Å². The molecule has 0 atom stereocenters. The second-order valence-electron chi connectivity index (χ2n) is 6.69. The molecule has 6 heteroatoms. The molecule has 2 aromatic rings. The molecule has 0 spiro atoms. The van der Waals surface area contributed by atoms with Crippen LogP contribution in [0.1, 0.15) is 39.9 Å². The highest BCUT2D eigenvalue weighted by molar-refractivity contribution is 7.89. The van der Waals surface area contributed by atoms with Crippen LogP contribution in [0.25, 0.3) is 5.76 Å². The first-order chi connectivity index (χ1) is 12.4. The molecule has 0 amide bonds. The Hall–Kier alpha value is -2.60. The van der Waals surface area contributed by atoms with Gasteiger partial charge in [0.05, 0.1) is 4.90 Å². The second-order valence-corrected chi connectivity index (χ2v) is 8.62. The van der Waals surface area contributed by atoms with Gasteiger partial charge >= 0.3 is 0 Å². The van der Waals surface area contributed by atoms with E-state index >= 15 is 0 Å². The van der Waals surface area contributed by atoms with Crippen molar-refractivity contribution in [3.63, 3.8) is 0 Å². The highest BCUT2D eigenvalue weighted by atomic mass is 32.2. The van der Waals surface area contributed by atoms with E-state index in [1.165, 1.54) is 24.7 Å². The second kappa shape index (κ2) is 5.99. The van der Waals surface area contributed by atoms with Gasteiger partial charge in [-0.1, -0.05) is 24.3 Å². The Morgan fingerprint density at radius 1 is 1.04 bits per heavy atom. The summed E-state index contributed by atoms with van der Waals surface area (Å²) in [5.74, 6) is -0.794. The number of fused-ring (bicyclic) bond motifs is 2. The van der Waals surface area contributed by atoms with Crippen molar-refractivity contribution in [1.82, 2.24) is 4.31 Å². The number of hydrogen-bond acceptors (Lipinski definition) is 4. The summed E-state index contributed by atoms with van der Waals surface area (Å²) in [6.45, 7) is 0. The van der Waals surface area contributed by atoms with Crippen molar-refractivity contribution in [2.45, 2.75) is 30.6 Å². The number of allylic oxidation sites excluding steroid dienone is 1. The van der Waals surface area contributed by atoms with Gasteiger partial charge in [0, 0.05) is 18.2 Å². The molecule has 0 saturated carbocycles. The van der Waals surface area contributed by atoms with Crippen molar-refractivity contribution >= 4 is 21.6 Å². The van der Waals surface area contributed by atoms with Crippen molar-refractivity contribution in [3.8, 4) is 0 Å². The van der Waals surface area contributed by atoms with Crippen LogP contribution in [-0.4, -0.2) is 30.7 Å². The number of nitrogens with zero attached hydrogens (tertiary/aromatic N) is 1. The summed E-state index contributed by atoms with van der Waals surface area (Å²) in [6.07, 6.45) is 4.14. The molecule has 1 heterocycles. The molecule has 1 aliphatic heterocycles. The quantitative estimate of drug-likeness (QED) is 0.824. The van der Waals surface area contributed by atoms with E-state index in [9.17, 15) is 18.3 Å². The lowest BCUT2D eigenvalue weighted by molar-refractivity contribution is 0.101. The lowest BCUT2D eigenvalue weighted by atomic mass is 9.89. The zero-order chi connectivity index (χ0) is 18.5. The number of aliphatic hydroxyl groups is 1. The number of Topliss-reactive ketones (excluding diaryl/α,β-unsaturated/α-hetero) is 1. The van der Waals surface area contributed by atoms with E-state index in [-0.39, 0.29) is 21.9 Å². The van der Waals surface area contributed by atoms with Crippen molar-refractivity contribution < 1.29 is 18.3 Å². The summed E-state index contributed by atoms with van der Waals surface area (Å²) >= 11 is 0. The largest absolute Gasteiger partial charge is 0.505 e. The Kier molecular flexibility index (Phi) is 3.88. The number of aliphatic hydroxyl groups excluding tert-OH is 1. The van der Waals surface area contributed by atoms with Gasteiger partial charge in [-0.2, -0.15) is 0 Å². The molecule has 2 aromatic carbocycles. The Bertz CT molecular complexity index is 1050. The molecule has 0 radical (unpaired) electrons. The fraction of sp³-hybridized carbons (Fsp3) is 0.250. The molecule has 4 rings (SSSR count). The summed E-state index contributed by atoms with van der Waals surface area (Å²) in [5.41, 5.74) is 2.71. The average molecular weight is 369 g/mol. The number of likely N-dealkylation sites (N-methyl/N-ethyl adjacent to an activating group) is 1. The molecule has 0 unspecified atom stereocenters. The summed E-state index contributed by atoms with van der Waals surface area (Å²) in [6, 6.07) is 11.6. The van der Waals surface area contributed by atoms with Gasteiger partial charge in [0.15, 0.2) is 5.76 Å². The first-order valence-corrected chi connectivity index (χ1v) is 10.0. The normalized spacial score (nSPS) is 18.3. The molecule has 0 bridgehead atoms. The Morgan fingerprint density at radius 3 is 2.50 bits per heavy atom. The van der Waals surface area contributed by atoms with E-state index in [4.69, 9.17) is 0 Å². The van der Waals surface area contributed by atoms with Crippen LogP contribution >= 0.6 is 0 Å². The minimum atomic E-state index is -3.88. The maximum Gasteiger partial charge on any atom is 0.265 e. The number of ketones is 1. The molecule has 0 saturated heterocycles. The van der Waals surface area contributed by atoms with E-state index in [2.05, 4.69) is 0 Å². The highest BCUT2D eigenvalue weighted by Gasteiger charge is 2.38. The number of rotatable bonds is 2. The van der Waals surface area contributed by atoms with Crippen LogP contribution in [0.5, 0.6) is 0 Å². The van der Waals surface area contributed by atoms with Crippen molar-refractivity contribution in [3.05, 3.63) is 70.4 Å². The van der Waals surface area contributed by atoms with Crippen molar-refractivity contribution in [1.29, 1.82) is 0 Å². The van der Waals surface area contributed by atoms with Gasteiger partial charge in [-0.15, -0.1) is 0 Å². The van der Waals surface area contributed by atoms with Crippen LogP contribution in [0.15, 0.2) is 53.1 Å². The Labute approximate surface area is 152 Å². The van der Waals surface area contributed by atoms with Gasteiger partial charge in [0.1, 0.15) is 5.70 Å². The molecule has 26 heavy (non-hydrogen) atoms. The molecule has 134 valence electrons. The fourth-order valence-electron chi connectivity index (χ4n) is 3.69. The van der Waals surface area contributed by atoms with E-state index in [0.717, 1.165) is 35.6 Å². The molecule has 2 aliphatic rings. The zero-order valence-corrected chi connectivity index (χ0v) is 15.2. The molecule has 1 aliphatic carbocycles. The van der Waals surface area contributed by atoms with E-state index in [1.54, 1.807) is 18.2 Å². The lowest BCUT2D eigenvalue weighted by Gasteiger charge is -2.28. The van der Waals surface area contributed by atoms with E-state index < -0.39 is 15.8 Å². The van der Waals surface area contributed by atoms with Gasteiger partial charge in [0.2, 0.25) is 5.78 Å². The average Bonchev–Trinajstić information content (AvgIpc) is 2.66. The Balaban J connectivity index is 1.85. The lowest BCUT2D eigenvalue weighted by Crippen LogP contribution is -2.35. The number of benzene rings is 2. The predicted molar refractivity (Wildman–Crippen MR) is 98.4 cm³/mol. The third-order valence-corrected chi connectivity index (χ3v) is 6.96. The third kappa shape index (κ3) is 2.44. The van der Waals surface area contributed by atoms with Crippen LogP contribution in [-0.2, 0) is 22.9 Å². The summed E-state index contributed by atoms with van der Waals surface area (Å²) in [4.78, 5) is 13.1. The third-order valence-electron chi connectivity index (χ3n) is 5.15. The number of carbonyl (C=O) groups excluding carboxylic acids is 1. The minimum absolute atomic E-state index is 0.00184. The molecule has 0 aromatic heterocycles. The zero-order valence-electron chi connectivity index (χ0n) is 14.4. The smallest absolute Gasteiger partial charge is 0.265 e. The first-order valence-electron chi connectivity index (χ1n) is 8.59. The van der Waals surface area contributed by atoms with E-state index in [1.807, 2.05) is 12.1 Å². The van der Waals surface area contributed by atoms with Gasteiger partial charge in [-0.05, 0) is 55.0 Å². The molecular weight excluding hydrogens is 350 g/mol. The van der Waals surface area contributed by atoms with Gasteiger partial charge in [-0.3, -0.25) is 9.10 Å². The molecular formula is C20H19NO4S.